The molecular weight excluding hydrogens is 278 g/mol. The number of hydrogen-bond acceptors (Lipinski definition) is 5. The van der Waals surface area contributed by atoms with Crippen LogP contribution in [0.15, 0.2) is 10.6 Å². The monoisotopic (exact) mass is 299 g/mol. The zero-order valence-electron chi connectivity index (χ0n) is 11.7. The summed E-state index contributed by atoms with van der Waals surface area (Å²) in [5, 5.41) is 3.87. The van der Waals surface area contributed by atoms with Crippen molar-refractivity contribution in [2.75, 3.05) is 13.1 Å². The van der Waals surface area contributed by atoms with Crippen LogP contribution in [0.2, 0.25) is 0 Å². The highest BCUT2D eigenvalue weighted by molar-refractivity contribution is 7.90. The summed E-state index contributed by atoms with van der Waals surface area (Å²) in [7, 11) is -3.06. The Morgan fingerprint density at radius 2 is 2.05 bits per heavy atom. The van der Waals surface area contributed by atoms with Crippen molar-refractivity contribution in [3.63, 3.8) is 0 Å². The first kappa shape index (κ1) is 14.0. The fourth-order valence-corrected chi connectivity index (χ4v) is 4.29. The molecule has 0 spiro atoms. The van der Waals surface area contributed by atoms with Gasteiger partial charge in [-0.05, 0) is 32.6 Å². The van der Waals surface area contributed by atoms with Gasteiger partial charge in [-0.1, -0.05) is 5.16 Å². The third kappa shape index (κ3) is 3.39. The molecule has 2 heterocycles. The predicted octanol–water partition coefficient (Wildman–Crippen LogP) is 1.03. The van der Waals surface area contributed by atoms with E-state index >= 15 is 0 Å². The Balaban J connectivity index is 1.47. The number of aromatic nitrogens is 1. The minimum absolute atomic E-state index is 0.0934. The van der Waals surface area contributed by atoms with E-state index in [1.807, 2.05) is 13.0 Å². The van der Waals surface area contributed by atoms with Gasteiger partial charge in [-0.25, -0.2) is 13.1 Å². The number of nitrogens with zero attached hydrogens (tertiary/aromatic N) is 2. The summed E-state index contributed by atoms with van der Waals surface area (Å²) in [4.78, 5) is 2.29. The number of hydrogen-bond donors (Lipinski definition) is 1. The van der Waals surface area contributed by atoms with E-state index in [-0.39, 0.29) is 11.3 Å². The maximum absolute atomic E-state index is 11.9. The molecule has 0 aromatic carbocycles. The van der Waals surface area contributed by atoms with E-state index in [0.717, 1.165) is 56.8 Å². The molecule has 2 aliphatic rings. The maximum Gasteiger partial charge on any atom is 0.214 e. The molecule has 1 aliphatic carbocycles. The van der Waals surface area contributed by atoms with E-state index in [4.69, 9.17) is 4.52 Å². The Morgan fingerprint density at radius 3 is 2.60 bits per heavy atom. The molecule has 0 atom stereocenters. The molecule has 7 heteroatoms. The summed E-state index contributed by atoms with van der Waals surface area (Å²) in [6, 6.07) is 2.04. The van der Waals surface area contributed by atoms with Crippen LogP contribution in [0, 0.1) is 6.92 Å². The summed E-state index contributed by atoms with van der Waals surface area (Å²) >= 11 is 0. The zero-order valence-corrected chi connectivity index (χ0v) is 12.5. The Kier molecular flexibility index (Phi) is 3.83. The molecule has 112 valence electrons. The van der Waals surface area contributed by atoms with Gasteiger partial charge in [-0.2, -0.15) is 0 Å². The average molecular weight is 299 g/mol. The quantitative estimate of drug-likeness (QED) is 0.879. The molecule has 1 aromatic rings. The van der Waals surface area contributed by atoms with Crippen LogP contribution in [0.5, 0.6) is 0 Å². The van der Waals surface area contributed by atoms with Crippen LogP contribution in [0.4, 0.5) is 0 Å². The Hall–Kier alpha value is -0.920. The van der Waals surface area contributed by atoms with Crippen molar-refractivity contribution >= 4 is 10.0 Å². The van der Waals surface area contributed by atoms with Crippen LogP contribution in [0.3, 0.4) is 0 Å². The van der Waals surface area contributed by atoms with Gasteiger partial charge in [0.25, 0.3) is 0 Å². The second kappa shape index (κ2) is 5.46. The lowest BCUT2D eigenvalue weighted by Gasteiger charge is -2.31. The van der Waals surface area contributed by atoms with Gasteiger partial charge in [0.15, 0.2) is 0 Å². The van der Waals surface area contributed by atoms with E-state index in [0.29, 0.717) is 0 Å². The minimum Gasteiger partial charge on any atom is -0.361 e. The van der Waals surface area contributed by atoms with Gasteiger partial charge in [0, 0.05) is 31.7 Å². The van der Waals surface area contributed by atoms with Crippen molar-refractivity contribution < 1.29 is 12.9 Å². The fourth-order valence-electron chi connectivity index (χ4n) is 2.64. The number of piperidine rings is 1. The Labute approximate surface area is 119 Å². The first-order valence-electron chi connectivity index (χ1n) is 7.18. The highest BCUT2D eigenvalue weighted by Gasteiger charge is 2.37. The van der Waals surface area contributed by atoms with Crippen molar-refractivity contribution in [3.05, 3.63) is 17.5 Å². The standard InChI is InChI=1S/C13H21N3O3S/c1-10-8-12(14-19-10)9-16-6-4-11(5-7-16)15-20(17,18)13-2-3-13/h8,11,13,15H,2-7,9H2,1H3. The van der Waals surface area contributed by atoms with Gasteiger partial charge in [-0.3, -0.25) is 4.90 Å². The van der Waals surface area contributed by atoms with Gasteiger partial charge < -0.3 is 4.52 Å². The summed E-state index contributed by atoms with van der Waals surface area (Å²) in [6.45, 7) is 4.45. The van der Waals surface area contributed by atoms with Crippen LogP contribution in [0.1, 0.15) is 37.1 Å². The highest BCUT2D eigenvalue weighted by Crippen LogP contribution is 2.28. The van der Waals surface area contributed by atoms with Gasteiger partial charge in [0.05, 0.1) is 10.9 Å². The lowest BCUT2D eigenvalue weighted by atomic mass is 10.1. The molecule has 0 amide bonds. The third-order valence-electron chi connectivity index (χ3n) is 3.94. The Morgan fingerprint density at radius 1 is 1.35 bits per heavy atom. The van der Waals surface area contributed by atoms with Gasteiger partial charge in [0.2, 0.25) is 10.0 Å². The van der Waals surface area contributed by atoms with Crippen LogP contribution in [0.25, 0.3) is 0 Å². The van der Waals surface area contributed by atoms with Crippen LogP contribution >= 0.6 is 0 Å². The molecule has 1 saturated heterocycles. The van der Waals surface area contributed by atoms with E-state index in [9.17, 15) is 8.42 Å². The Bertz CT molecular complexity index is 557. The third-order valence-corrected chi connectivity index (χ3v) is 5.96. The number of likely N-dealkylation sites (tertiary alicyclic amines) is 1. The maximum atomic E-state index is 11.9. The SMILES string of the molecule is Cc1cc(CN2CCC(NS(=O)(=O)C3CC3)CC2)no1. The summed E-state index contributed by atoms with van der Waals surface area (Å²) in [5.41, 5.74) is 0.944. The highest BCUT2D eigenvalue weighted by atomic mass is 32.2. The van der Waals surface area contributed by atoms with E-state index < -0.39 is 10.0 Å². The molecule has 1 aromatic heterocycles. The molecule has 1 aliphatic heterocycles. The first-order valence-corrected chi connectivity index (χ1v) is 8.73. The first-order chi connectivity index (χ1) is 9.53. The van der Waals surface area contributed by atoms with Crippen molar-refractivity contribution in [2.24, 2.45) is 0 Å². The smallest absolute Gasteiger partial charge is 0.214 e. The normalized spacial score (nSPS) is 22.2. The average Bonchev–Trinajstić information content (AvgIpc) is 3.17. The second-order valence-corrected chi connectivity index (χ2v) is 7.83. The van der Waals surface area contributed by atoms with Crippen molar-refractivity contribution in [2.45, 2.75) is 50.4 Å². The largest absolute Gasteiger partial charge is 0.361 e. The number of aryl methyl sites for hydroxylation is 1. The summed E-state index contributed by atoms with van der Waals surface area (Å²) in [5.74, 6) is 0.826. The molecule has 1 saturated carbocycles. The molecule has 0 radical (unpaired) electrons. The number of sulfonamides is 1. The fraction of sp³-hybridized carbons (Fsp3) is 0.769. The van der Waals surface area contributed by atoms with Gasteiger partial charge in [-0.15, -0.1) is 0 Å². The van der Waals surface area contributed by atoms with Gasteiger partial charge >= 0.3 is 0 Å². The van der Waals surface area contributed by atoms with E-state index in [1.165, 1.54) is 0 Å². The van der Waals surface area contributed by atoms with Crippen LogP contribution in [-0.2, 0) is 16.6 Å². The molecule has 20 heavy (non-hydrogen) atoms. The molecule has 0 unspecified atom stereocenters. The van der Waals surface area contributed by atoms with Crippen LogP contribution < -0.4 is 4.72 Å². The topological polar surface area (TPSA) is 75.4 Å². The van der Waals surface area contributed by atoms with Crippen molar-refractivity contribution in [1.82, 2.24) is 14.8 Å². The minimum atomic E-state index is -3.06. The molecule has 6 nitrogen and oxygen atoms in total. The van der Waals surface area contributed by atoms with Gasteiger partial charge in [0.1, 0.15) is 5.76 Å². The summed E-state index contributed by atoms with van der Waals surface area (Å²) < 4.78 is 31.7. The lowest BCUT2D eigenvalue weighted by molar-refractivity contribution is 0.195. The molecule has 2 fully saturated rings. The number of nitrogens with one attached hydrogen (secondary N) is 1. The summed E-state index contributed by atoms with van der Waals surface area (Å²) in [6.07, 6.45) is 3.37. The van der Waals surface area contributed by atoms with Crippen molar-refractivity contribution in [3.8, 4) is 0 Å². The number of rotatable bonds is 5. The lowest BCUT2D eigenvalue weighted by Crippen LogP contribution is -2.45. The molecular formula is C13H21N3O3S. The molecule has 3 rings (SSSR count). The van der Waals surface area contributed by atoms with E-state index in [1.54, 1.807) is 0 Å². The second-order valence-electron chi connectivity index (χ2n) is 5.84. The zero-order chi connectivity index (χ0) is 14.2. The van der Waals surface area contributed by atoms with E-state index in [2.05, 4.69) is 14.8 Å². The van der Waals surface area contributed by atoms with Crippen molar-refractivity contribution in [1.29, 1.82) is 0 Å². The molecule has 1 N–H and O–H groups in total. The molecule has 0 bridgehead atoms. The van der Waals surface area contributed by atoms with Crippen LogP contribution in [-0.4, -0.2) is 42.9 Å². The predicted molar refractivity (Wildman–Crippen MR) is 74.6 cm³/mol.